The van der Waals surface area contributed by atoms with Crippen molar-refractivity contribution in [3.8, 4) is 11.5 Å². The van der Waals surface area contributed by atoms with E-state index in [-0.39, 0.29) is 11.7 Å². The molecule has 3 aromatic rings. The largest absolute Gasteiger partial charge is 0.507 e. The number of carbonyl (C=O) groups excluding carboxylic acids is 1. The Hall–Kier alpha value is -3.10. The molecule has 2 aliphatic rings. The van der Waals surface area contributed by atoms with Crippen molar-refractivity contribution in [1.82, 2.24) is 20.0 Å². The van der Waals surface area contributed by atoms with Crippen molar-refractivity contribution in [3.63, 3.8) is 0 Å². The smallest absolute Gasteiger partial charge is 0.258 e. The number of aromatic amines is 1. The van der Waals surface area contributed by atoms with Crippen molar-refractivity contribution in [2.45, 2.75) is 33.4 Å². The van der Waals surface area contributed by atoms with E-state index in [9.17, 15) is 9.90 Å². The van der Waals surface area contributed by atoms with E-state index in [0.717, 1.165) is 67.2 Å². The minimum absolute atomic E-state index is 0.0387. The molecule has 0 bridgehead atoms. The van der Waals surface area contributed by atoms with Gasteiger partial charge in [0.05, 0.1) is 24.3 Å². The number of benzene rings is 2. The molecule has 0 spiro atoms. The summed E-state index contributed by atoms with van der Waals surface area (Å²) in [5, 5.41) is 18.8. The molecular formula is C26H32N4O4. The molecule has 1 amide bonds. The summed E-state index contributed by atoms with van der Waals surface area (Å²) in [5.74, 6) is 1.06. The first-order chi connectivity index (χ1) is 16.5. The van der Waals surface area contributed by atoms with E-state index in [1.165, 1.54) is 0 Å². The van der Waals surface area contributed by atoms with Crippen LogP contribution >= 0.6 is 0 Å². The van der Waals surface area contributed by atoms with Crippen molar-refractivity contribution in [1.29, 1.82) is 0 Å². The standard InChI is InChI=1S/C26H32N4O4/c1-17(2)11-23-21-13-22(25(31)14-24(21)28-27-23)26(32)30-15-18-3-4-20(12-19(18)16-30)34-10-7-29-5-8-33-9-6-29/h3-4,12-14,17,31H,5-11,15-16H2,1-2H3,(H,27,28). The Morgan fingerprint density at radius 2 is 1.97 bits per heavy atom. The predicted molar refractivity (Wildman–Crippen MR) is 129 cm³/mol. The van der Waals surface area contributed by atoms with Crippen LogP contribution in [0.3, 0.4) is 0 Å². The van der Waals surface area contributed by atoms with E-state index in [2.05, 4.69) is 28.9 Å². The Kier molecular flexibility index (Phi) is 6.43. The summed E-state index contributed by atoms with van der Waals surface area (Å²) in [4.78, 5) is 17.5. The van der Waals surface area contributed by atoms with Gasteiger partial charge in [-0.1, -0.05) is 19.9 Å². The number of H-pyrrole nitrogens is 1. The van der Waals surface area contributed by atoms with Crippen LogP contribution < -0.4 is 4.74 Å². The molecule has 5 rings (SSSR count). The summed E-state index contributed by atoms with van der Waals surface area (Å²) in [6.07, 6.45) is 0.832. The van der Waals surface area contributed by atoms with Crippen LogP contribution in [0.5, 0.6) is 11.5 Å². The minimum Gasteiger partial charge on any atom is -0.507 e. The van der Waals surface area contributed by atoms with Gasteiger partial charge in [0.15, 0.2) is 0 Å². The molecule has 8 heteroatoms. The van der Waals surface area contributed by atoms with Gasteiger partial charge in [-0.25, -0.2) is 0 Å². The van der Waals surface area contributed by atoms with E-state index >= 15 is 0 Å². The number of hydrogen-bond donors (Lipinski definition) is 2. The Bertz CT molecular complexity index is 1180. The van der Waals surface area contributed by atoms with Crippen molar-refractivity contribution in [2.24, 2.45) is 5.92 Å². The number of amides is 1. The Labute approximate surface area is 199 Å². The number of rotatable bonds is 7. The Morgan fingerprint density at radius 3 is 2.76 bits per heavy atom. The number of fused-ring (bicyclic) bond motifs is 2. The van der Waals surface area contributed by atoms with Crippen LogP contribution in [0.1, 0.15) is 41.0 Å². The third-order valence-corrected chi connectivity index (χ3v) is 6.56. The number of hydrogen-bond acceptors (Lipinski definition) is 6. The lowest BCUT2D eigenvalue weighted by Gasteiger charge is -2.26. The van der Waals surface area contributed by atoms with Crippen molar-refractivity contribution in [3.05, 3.63) is 52.7 Å². The van der Waals surface area contributed by atoms with Gasteiger partial charge >= 0.3 is 0 Å². The van der Waals surface area contributed by atoms with Crippen LogP contribution in [0.15, 0.2) is 30.3 Å². The lowest BCUT2D eigenvalue weighted by atomic mass is 10.0. The summed E-state index contributed by atoms with van der Waals surface area (Å²) in [6.45, 7) is 10.2. The molecule has 34 heavy (non-hydrogen) atoms. The zero-order chi connectivity index (χ0) is 23.7. The van der Waals surface area contributed by atoms with Crippen LogP contribution in [0.25, 0.3) is 10.9 Å². The third-order valence-electron chi connectivity index (χ3n) is 6.56. The van der Waals surface area contributed by atoms with E-state index in [0.29, 0.717) is 36.7 Å². The van der Waals surface area contributed by atoms with E-state index in [4.69, 9.17) is 9.47 Å². The molecule has 2 aliphatic heterocycles. The molecule has 1 saturated heterocycles. The quantitative estimate of drug-likeness (QED) is 0.557. The second kappa shape index (κ2) is 9.64. The van der Waals surface area contributed by atoms with E-state index in [1.807, 2.05) is 18.2 Å². The van der Waals surface area contributed by atoms with E-state index in [1.54, 1.807) is 17.0 Å². The number of aromatic nitrogens is 2. The fourth-order valence-electron chi connectivity index (χ4n) is 4.73. The van der Waals surface area contributed by atoms with Gasteiger partial charge in [0, 0.05) is 49.9 Å². The molecule has 0 radical (unpaired) electrons. The van der Waals surface area contributed by atoms with Crippen molar-refractivity contribution >= 4 is 16.8 Å². The van der Waals surface area contributed by atoms with Gasteiger partial charge < -0.3 is 19.5 Å². The highest BCUT2D eigenvalue weighted by molar-refractivity contribution is 6.01. The van der Waals surface area contributed by atoms with Crippen molar-refractivity contribution < 1.29 is 19.4 Å². The van der Waals surface area contributed by atoms with Gasteiger partial charge in [0.25, 0.3) is 5.91 Å². The highest BCUT2D eigenvalue weighted by atomic mass is 16.5. The maximum atomic E-state index is 13.4. The van der Waals surface area contributed by atoms with Gasteiger partial charge in [0.1, 0.15) is 18.1 Å². The molecule has 0 aliphatic carbocycles. The molecule has 0 saturated carbocycles. The van der Waals surface area contributed by atoms with Crippen molar-refractivity contribution in [2.75, 3.05) is 39.5 Å². The third kappa shape index (κ3) is 4.74. The number of carbonyl (C=O) groups is 1. The predicted octanol–water partition coefficient (Wildman–Crippen LogP) is 3.33. The van der Waals surface area contributed by atoms with Gasteiger partial charge in [-0.2, -0.15) is 5.10 Å². The molecule has 3 heterocycles. The maximum Gasteiger partial charge on any atom is 0.258 e. The normalized spacial score (nSPS) is 16.4. The first kappa shape index (κ1) is 22.7. The number of nitrogens with zero attached hydrogens (tertiary/aromatic N) is 3. The summed E-state index contributed by atoms with van der Waals surface area (Å²) < 4.78 is 11.4. The topological polar surface area (TPSA) is 90.9 Å². The molecule has 1 aromatic heterocycles. The number of aromatic hydroxyl groups is 1. The van der Waals surface area contributed by atoms with Crippen LogP contribution in [0, 0.1) is 5.92 Å². The van der Waals surface area contributed by atoms with Crippen LogP contribution in [-0.4, -0.2) is 70.5 Å². The molecule has 2 aromatic carbocycles. The lowest BCUT2D eigenvalue weighted by molar-refractivity contribution is 0.0322. The second-order valence-electron chi connectivity index (χ2n) is 9.58. The Morgan fingerprint density at radius 1 is 1.18 bits per heavy atom. The lowest BCUT2D eigenvalue weighted by Crippen LogP contribution is -2.38. The van der Waals surface area contributed by atoms with Gasteiger partial charge in [-0.3, -0.25) is 14.8 Å². The second-order valence-corrected chi connectivity index (χ2v) is 9.58. The average Bonchev–Trinajstić information content (AvgIpc) is 3.42. The average molecular weight is 465 g/mol. The SMILES string of the molecule is CC(C)Cc1[nH]nc2cc(O)c(C(=O)N3Cc4ccc(OCCN5CCOCC5)cc4C3)cc12. The number of phenolic OH excluding ortho intramolecular Hbond substituents is 1. The zero-order valence-electron chi connectivity index (χ0n) is 19.8. The number of phenols is 1. The molecule has 2 N–H and O–H groups in total. The number of morpholine rings is 1. The number of nitrogens with one attached hydrogen (secondary N) is 1. The highest BCUT2D eigenvalue weighted by Gasteiger charge is 2.27. The summed E-state index contributed by atoms with van der Waals surface area (Å²) >= 11 is 0. The fourth-order valence-corrected chi connectivity index (χ4v) is 4.73. The summed E-state index contributed by atoms with van der Waals surface area (Å²) in [6, 6.07) is 9.39. The van der Waals surface area contributed by atoms with Crippen LogP contribution in [-0.2, 0) is 24.2 Å². The summed E-state index contributed by atoms with van der Waals surface area (Å²) in [5.41, 5.74) is 4.17. The monoisotopic (exact) mass is 464 g/mol. The van der Waals surface area contributed by atoms with Gasteiger partial charge in [-0.15, -0.1) is 0 Å². The first-order valence-electron chi connectivity index (χ1n) is 12.0. The Balaban J connectivity index is 1.26. The van der Waals surface area contributed by atoms with Gasteiger partial charge in [-0.05, 0) is 41.7 Å². The fraction of sp³-hybridized carbons (Fsp3) is 0.462. The highest BCUT2D eigenvalue weighted by Crippen LogP contribution is 2.32. The zero-order valence-corrected chi connectivity index (χ0v) is 19.8. The first-order valence-corrected chi connectivity index (χ1v) is 12.0. The minimum atomic E-state index is -0.179. The van der Waals surface area contributed by atoms with Crippen LogP contribution in [0.2, 0.25) is 0 Å². The molecular weight excluding hydrogens is 432 g/mol. The van der Waals surface area contributed by atoms with Gasteiger partial charge in [0.2, 0.25) is 0 Å². The molecule has 0 unspecified atom stereocenters. The summed E-state index contributed by atoms with van der Waals surface area (Å²) in [7, 11) is 0. The maximum absolute atomic E-state index is 13.4. The number of ether oxygens (including phenoxy) is 2. The van der Waals surface area contributed by atoms with Crippen LogP contribution in [0.4, 0.5) is 0 Å². The molecule has 0 atom stereocenters. The van der Waals surface area contributed by atoms with E-state index < -0.39 is 0 Å². The molecule has 1 fully saturated rings. The molecule has 8 nitrogen and oxygen atoms in total. The molecule has 180 valence electrons.